The normalized spacial score (nSPS) is 17.8. The van der Waals surface area contributed by atoms with Gasteiger partial charge in [0.2, 0.25) is 0 Å². The maximum absolute atomic E-state index is 4.32. The monoisotopic (exact) mass is 155 g/mol. The fourth-order valence-corrected chi connectivity index (χ4v) is 1.19. The number of rotatable bonds is 3. The van der Waals surface area contributed by atoms with Gasteiger partial charge in [-0.3, -0.25) is 4.99 Å². The van der Waals surface area contributed by atoms with E-state index in [0.717, 1.165) is 26.2 Å². The lowest BCUT2D eigenvalue weighted by atomic mass is 10.4. The van der Waals surface area contributed by atoms with E-state index < -0.39 is 0 Å². The van der Waals surface area contributed by atoms with E-state index >= 15 is 0 Å². The molecule has 1 rings (SSSR count). The Labute approximate surface area is 68.7 Å². The summed E-state index contributed by atoms with van der Waals surface area (Å²) in [5.74, 6) is 1.20. The molecule has 0 amide bonds. The molecule has 64 valence electrons. The lowest BCUT2D eigenvalue weighted by Crippen LogP contribution is -2.33. The van der Waals surface area contributed by atoms with Gasteiger partial charge in [-0.15, -0.1) is 0 Å². The van der Waals surface area contributed by atoms with Crippen molar-refractivity contribution in [3.63, 3.8) is 0 Å². The zero-order valence-electron chi connectivity index (χ0n) is 7.67. The lowest BCUT2D eigenvalue weighted by molar-refractivity contribution is 0.342. The first-order chi connectivity index (χ1) is 5.20. The van der Waals surface area contributed by atoms with Gasteiger partial charge in [0.05, 0.1) is 12.4 Å². The zero-order valence-corrected chi connectivity index (χ0v) is 7.67. The van der Waals surface area contributed by atoms with Crippen LogP contribution in [0.4, 0.5) is 0 Å². The molecule has 0 saturated carbocycles. The van der Waals surface area contributed by atoms with Crippen molar-refractivity contribution in [1.29, 1.82) is 0 Å². The Hall–Kier alpha value is -0.570. The van der Waals surface area contributed by atoms with E-state index in [1.807, 2.05) is 0 Å². The highest BCUT2D eigenvalue weighted by molar-refractivity contribution is 5.81. The molecule has 11 heavy (non-hydrogen) atoms. The predicted octanol–water partition coefficient (Wildman–Crippen LogP) is 0.282. The predicted molar refractivity (Wildman–Crippen MR) is 48.1 cm³/mol. The topological polar surface area (TPSA) is 18.8 Å². The van der Waals surface area contributed by atoms with Crippen LogP contribution in [0.5, 0.6) is 0 Å². The molecule has 0 N–H and O–H groups in total. The van der Waals surface area contributed by atoms with Crippen molar-refractivity contribution in [1.82, 2.24) is 9.80 Å². The summed E-state index contributed by atoms with van der Waals surface area (Å²) in [4.78, 5) is 8.85. The van der Waals surface area contributed by atoms with Gasteiger partial charge >= 0.3 is 0 Å². The molecule has 0 spiro atoms. The van der Waals surface area contributed by atoms with Crippen LogP contribution in [-0.4, -0.2) is 55.9 Å². The molecule has 0 saturated heterocycles. The first-order valence-corrected chi connectivity index (χ1v) is 4.11. The van der Waals surface area contributed by atoms with Gasteiger partial charge in [0.25, 0.3) is 0 Å². The minimum absolute atomic E-state index is 0.985. The fraction of sp³-hybridized carbons (Fsp3) is 0.875. The first kappa shape index (κ1) is 8.53. The Kier molecular flexibility index (Phi) is 2.88. The average Bonchev–Trinajstić information content (AvgIpc) is 2.31. The van der Waals surface area contributed by atoms with E-state index in [9.17, 15) is 0 Å². The van der Waals surface area contributed by atoms with Gasteiger partial charge in [-0.2, -0.15) is 0 Å². The third kappa shape index (κ3) is 2.50. The summed E-state index contributed by atoms with van der Waals surface area (Å²) in [6.07, 6.45) is 0. The van der Waals surface area contributed by atoms with Crippen molar-refractivity contribution >= 4 is 5.84 Å². The van der Waals surface area contributed by atoms with Gasteiger partial charge in [-0.25, -0.2) is 0 Å². The second-order valence-corrected chi connectivity index (χ2v) is 3.22. The highest BCUT2D eigenvalue weighted by Crippen LogP contribution is 1.99. The molecule has 0 atom stereocenters. The largest absolute Gasteiger partial charge is 0.357 e. The lowest BCUT2D eigenvalue weighted by Gasteiger charge is -2.20. The van der Waals surface area contributed by atoms with Crippen molar-refractivity contribution in [3.05, 3.63) is 0 Å². The van der Waals surface area contributed by atoms with E-state index in [4.69, 9.17) is 0 Å². The van der Waals surface area contributed by atoms with Crippen LogP contribution in [-0.2, 0) is 0 Å². The molecule has 0 aliphatic carbocycles. The Morgan fingerprint density at radius 1 is 1.55 bits per heavy atom. The highest BCUT2D eigenvalue weighted by Gasteiger charge is 2.11. The van der Waals surface area contributed by atoms with Gasteiger partial charge in [0, 0.05) is 19.6 Å². The molecule has 0 aromatic rings. The molecule has 3 nitrogen and oxygen atoms in total. The first-order valence-electron chi connectivity index (χ1n) is 4.11. The van der Waals surface area contributed by atoms with Crippen molar-refractivity contribution in [2.45, 2.75) is 6.92 Å². The standard InChI is InChI=1S/C8H17N3/c1-8-9-4-5-11(8)7-6-10(2)3/h4-7H2,1-3H3. The van der Waals surface area contributed by atoms with E-state index in [1.54, 1.807) is 0 Å². The SMILES string of the molecule is CC1=NCCN1CCN(C)C. The number of hydrogen-bond donors (Lipinski definition) is 0. The third-order valence-electron chi connectivity index (χ3n) is 1.99. The van der Waals surface area contributed by atoms with Crippen LogP contribution >= 0.6 is 0 Å². The summed E-state index contributed by atoms with van der Waals surface area (Å²) in [6.45, 7) is 6.41. The maximum Gasteiger partial charge on any atom is 0.0959 e. The highest BCUT2D eigenvalue weighted by atomic mass is 15.2. The molecule has 0 radical (unpaired) electrons. The second-order valence-electron chi connectivity index (χ2n) is 3.22. The van der Waals surface area contributed by atoms with E-state index in [-0.39, 0.29) is 0 Å². The van der Waals surface area contributed by atoms with Gasteiger partial charge in [0.15, 0.2) is 0 Å². The fourth-order valence-electron chi connectivity index (χ4n) is 1.19. The molecule has 1 aliphatic rings. The van der Waals surface area contributed by atoms with Crippen LogP contribution in [0.15, 0.2) is 4.99 Å². The number of likely N-dealkylation sites (N-methyl/N-ethyl adjacent to an activating group) is 1. The number of aliphatic imine (C=N–C) groups is 1. The summed E-state index contributed by atoms with van der Waals surface area (Å²) < 4.78 is 0. The van der Waals surface area contributed by atoms with E-state index in [0.29, 0.717) is 0 Å². The van der Waals surface area contributed by atoms with E-state index in [1.165, 1.54) is 5.84 Å². The summed E-state index contributed by atoms with van der Waals surface area (Å²) in [7, 11) is 4.20. The molecule has 0 fully saturated rings. The molecule has 1 heterocycles. The quantitative estimate of drug-likeness (QED) is 0.583. The molecule has 3 heteroatoms. The minimum atomic E-state index is 0.985. The van der Waals surface area contributed by atoms with Gasteiger partial charge < -0.3 is 9.80 Å². The number of amidine groups is 1. The Morgan fingerprint density at radius 2 is 2.27 bits per heavy atom. The summed E-state index contributed by atoms with van der Waals surface area (Å²) in [5, 5.41) is 0. The van der Waals surface area contributed by atoms with Gasteiger partial charge in [-0.1, -0.05) is 0 Å². The van der Waals surface area contributed by atoms with Crippen LogP contribution in [0.25, 0.3) is 0 Å². The molecule has 0 bridgehead atoms. The number of nitrogens with zero attached hydrogens (tertiary/aromatic N) is 3. The average molecular weight is 155 g/mol. The van der Waals surface area contributed by atoms with Crippen LogP contribution < -0.4 is 0 Å². The van der Waals surface area contributed by atoms with E-state index in [2.05, 4.69) is 35.8 Å². The maximum atomic E-state index is 4.32. The van der Waals surface area contributed by atoms with Crippen LogP contribution in [0, 0.1) is 0 Å². The van der Waals surface area contributed by atoms with Crippen molar-refractivity contribution in [3.8, 4) is 0 Å². The molecule has 0 unspecified atom stereocenters. The summed E-state index contributed by atoms with van der Waals surface area (Å²) >= 11 is 0. The Balaban J connectivity index is 2.22. The Bertz CT molecular complexity index is 151. The summed E-state index contributed by atoms with van der Waals surface area (Å²) in [6, 6.07) is 0. The van der Waals surface area contributed by atoms with Gasteiger partial charge in [0.1, 0.15) is 0 Å². The summed E-state index contributed by atoms with van der Waals surface area (Å²) in [5.41, 5.74) is 0. The van der Waals surface area contributed by atoms with Crippen LogP contribution in [0.3, 0.4) is 0 Å². The van der Waals surface area contributed by atoms with Crippen LogP contribution in [0.2, 0.25) is 0 Å². The molecule has 1 aliphatic heterocycles. The second kappa shape index (κ2) is 3.72. The van der Waals surface area contributed by atoms with Gasteiger partial charge in [-0.05, 0) is 21.0 Å². The minimum Gasteiger partial charge on any atom is -0.357 e. The smallest absolute Gasteiger partial charge is 0.0959 e. The van der Waals surface area contributed by atoms with Crippen molar-refractivity contribution < 1.29 is 0 Å². The Morgan fingerprint density at radius 3 is 2.73 bits per heavy atom. The zero-order chi connectivity index (χ0) is 8.27. The van der Waals surface area contributed by atoms with Crippen LogP contribution in [0.1, 0.15) is 6.92 Å². The third-order valence-corrected chi connectivity index (χ3v) is 1.99. The molecular formula is C8H17N3. The molecule has 0 aromatic heterocycles. The molecule has 0 aromatic carbocycles. The van der Waals surface area contributed by atoms with Crippen molar-refractivity contribution in [2.75, 3.05) is 40.3 Å². The number of hydrogen-bond acceptors (Lipinski definition) is 3. The van der Waals surface area contributed by atoms with Crippen molar-refractivity contribution in [2.24, 2.45) is 4.99 Å². The molecular weight excluding hydrogens is 138 g/mol.